The van der Waals surface area contributed by atoms with Gasteiger partial charge in [-0.05, 0) is 33.0 Å². The average molecular weight is 241 g/mol. The number of aliphatic hydroxyl groups excluding tert-OH is 1. The van der Waals surface area contributed by atoms with Crippen molar-refractivity contribution < 1.29 is 5.11 Å². The van der Waals surface area contributed by atoms with Crippen LogP contribution < -0.4 is 5.73 Å². The second-order valence-electron chi connectivity index (χ2n) is 4.44. The van der Waals surface area contributed by atoms with Crippen molar-refractivity contribution in [2.45, 2.75) is 24.9 Å². The topological polar surface area (TPSA) is 62.4 Å². The maximum atomic E-state index is 9.59. The Morgan fingerprint density at radius 2 is 2.31 bits per heavy atom. The summed E-state index contributed by atoms with van der Waals surface area (Å²) in [6.45, 7) is 2.52. The van der Waals surface area contributed by atoms with Gasteiger partial charge >= 0.3 is 0 Å². The molecule has 1 aliphatic rings. The maximum Gasteiger partial charge on any atom is 0.109 e. The van der Waals surface area contributed by atoms with Crippen LogP contribution in [-0.4, -0.2) is 41.7 Å². The van der Waals surface area contributed by atoms with Gasteiger partial charge < -0.3 is 15.7 Å². The Hall–Kier alpha value is -0.490. The van der Waals surface area contributed by atoms with Crippen LogP contribution in [0.1, 0.15) is 35.6 Å². The summed E-state index contributed by atoms with van der Waals surface area (Å²) in [5.41, 5.74) is 6.16. The van der Waals surface area contributed by atoms with Crippen LogP contribution in [0.4, 0.5) is 0 Å². The molecule has 16 heavy (non-hydrogen) atoms. The zero-order valence-corrected chi connectivity index (χ0v) is 10.4. The lowest BCUT2D eigenvalue weighted by molar-refractivity contribution is 0.182. The van der Waals surface area contributed by atoms with E-state index in [1.54, 1.807) is 11.3 Å². The van der Waals surface area contributed by atoms with Crippen molar-refractivity contribution in [1.82, 2.24) is 9.88 Å². The van der Waals surface area contributed by atoms with Crippen LogP contribution in [0.15, 0.2) is 5.38 Å². The van der Waals surface area contributed by atoms with E-state index in [2.05, 4.69) is 16.9 Å². The number of rotatable bonds is 3. The number of hydrogen-bond donors (Lipinski definition) is 2. The van der Waals surface area contributed by atoms with E-state index in [4.69, 9.17) is 5.73 Å². The number of nitrogens with zero attached hydrogens (tertiary/aromatic N) is 2. The molecule has 90 valence electrons. The molecule has 1 atom stereocenters. The van der Waals surface area contributed by atoms with E-state index in [-0.39, 0.29) is 6.54 Å². The maximum absolute atomic E-state index is 9.59. The van der Waals surface area contributed by atoms with Gasteiger partial charge in [-0.2, -0.15) is 0 Å². The first-order valence-electron chi connectivity index (χ1n) is 5.72. The van der Waals surface area contributed by atoms with E-state index in [1.165, 1.54) is 12.8 Å². The predicted molar refractivity (Wildman–Crippen MR) is 65.6 cm³/mol. The minimum Gasteiger partial charge on any atom is -0.385 e. The molecule has 2 heterocycles. The van der Waals surface area contributed by atoms with Gasteiger partial charge in [-0.3, -0.25) is 0 Å². The van der Waals surface area contributed by atoms with E-state index in [1.807, 2.05) is 5.38 Å². The van der Waals surface area contributed by atoms with E-state index in [0.717, 1.165) is 23.8 Å². The van der Waals surface area contributed by atoms with Crippen molar-refractivity contribution in [3.8, 4) is 0 Å². The van der Waals surface area contributed by atoms with Crippen molar-refractivity contribution >= 4 is 11.3 Å². The quantitative estimate of drug-likeness (QED) is 0.827. The molecule has 1 aliphatic heterocycles. The van der Waals surface area contributed by atoms with Gasteiger partial charge in [-0.25, -0.2) is 4.98 Å². The summed E-state index contributed by atoms with van der Waals surface area (Å²) >= 11 is 1.66. The third kappa shape index (κ3) is 2.60. The van der Waals surface area contributed by atoms with Crippen LogP contribution >= 0.6 is 11.3 Å². The zero-order chi connectivity index (χ0) is 11.5. The van der Waals surface area contributed by atoms with Gasteiger partial charge in [0, 0.05) is 17.8 Å². The van der Waals surface area contributed by atoms with Gasteiger partial charge in [-0.1, -0.05) is 0 Å². The first-order valence-corrected chi connectivity index (χ1v) is 6.60. The Labute approximate surface area is 100 Å². The first kappa shape index (κ1) is 12.0. The average Bonchev–Trinajstić information content (AvgIpc) is 2.78. The van der Waals surface area contributed by atoms with E-state index in [0.29, 0.717) is 5.92 Å². The normalized spacial score (nSPS) is 21.2. The molecule has 0 aromatic carbocycles. The van der Waals surface area contributed by atoms with Crippen molar-refractivity contribution in [2.24, 2.45) is 5.73 Å². The first-order chi connectivity index (χ1) is 7.70. The number of aliphatic hydroxyl groups is 1. The third-order valence-corrected chi connectivity index (χ3v) is 4.20. The molecule has 0 aliphatic carbocycles. The predicted octanol–water partition coefficient (Wildman–Crippen LogP) is 0.944. The molecule has 0 spiro atoms. The summed E-state index contributed by atoms with van der Waals surface area (Å²) < 4.78 is 0. The molecule has 4 nitrogen and oxygen atoms in total. The Morgan fingerprint density at radius 1 is 1.62 bits per heavy atom. The van der Waals surface area contributed by atoms with Crippen LogP contribution in [-0.2, 0) is 0 Å². The number of piperidine rings is 1. The second-order valence-corrected chi connectivity index (χ2v) is 5.33. The monoisotopic (exact) mass is 241 g/mol. The van der Waals surface area contributed by atoms with Gasteiger partial charge in [0.15, 0.2) is 0 Å². The highest BCUT2D eigenvalue weighted by Gasteiger charge is 2.22. The van der Waals surface area contributed by atoms with E-state index in [9.17, 15) is 5.11 Å². The van der Waals surface area contributed by atoms with Crippen LogP contribution in [0.2, 0.25) is 0 Å². The summed E-state index contributed by atoms with van der Waals surface area (Å²) in [5.74, 6) is 0.569. The number of likely N-dealkylation sites (tertiary alicyclic amines) is 1. The van der Waals surface area contributed by atoms with Gasteiger partial charge in [-0.15, -0.1) is 11.3 Å². The lowest BCUT2D eigenvalue weighted by Crippen LogP contribution is -2.29. The van der Waals surface area contributed by atoms with Crippen molar-refractivity contribution in [3.05, 3.63) is 16.1 Å². The molecular weight excluding hydrogens is 222 g/mol. The van der Waals surface area contributed by atoms with Crippen LogP contribution in [0.3, 0.4) is 0 Å². The molecule has 0 saturated carbocycles. The van der Waals surface area contributed by atoms with E-state index >= 15 is 0 Å². The highest BCUT2D eigenvalue weighted by molar-refractivity contribution is 7.09. The van der Waals surface area contributed by atoms with Gasteiger partial charge in [0.1, 0.15) is 6.10 Å². The van der Waals surface area contributed by atoms with Crippen molar-refractivity contribution in [3.63, 3.8) is 0 Å². The molecule has 1 aromatic rings. The summed E-state index contributed by atoms with van der Waals surface area (Å²) in [6.07, 6.45) is 1.74. The minimum atomic E-state index is -0.601. The standard InChI is InChI=1S/C11H19N3OS/c1-14-4-2-8(3-5-14)11-13-9(7-16-11)10(15)6-12/h7-8,10,15H,2-6,12H2,1H3. The highest BCUT2D eigenvalue weighted by Crippen LogP contribution is 2.30. The zero-order valence-electron chi connectivity index (χ0n) is 9.59. The number of nitrogens with two attached hydrogens (primary N) is 1. The fraction of sp³-hybridized carbons (Fsp3) is 0.727. The SMILES string of the molecule is CN1CCC(c2nc(C(O)CN)cs2)CC1. The molecule has 0 bridgehead atoms. The molecule has 1 saturated heterocycles. The van der Waals surface area contributed by atoms with Crippen LogP contribution in [0.5, 0.6) is 0 Å². The van der Waals surface area contributed by atoms with Crippen LogP contribution in [0, 0.1) is 0 Å². The summed E-state index contributed by atoms with van der Waals surface area (Å²) in [4.78, 5) is 6.85. The number of hydrogen-bond acceptors (Lipinski definition) is 5. The van der Waals surface area contributed by atoms with Gasteiger partial charge in [0.2, 0.25) is 0 Å². The Balaban J connectivity index is 2.01. The lowest BCUT2D eigenvalue weighted by Gasteiger charge is -2.27. The molecule has 2 rings (SSSR count). The van der Waals surface area contributed by atoms with Gasteiger partial charge in [0.25, 0.3) is 0 Å². The fourth-order valence-electron chi connectivity index (χ4n) is 2.02. The minimum absolute atomic E-state index is 0.247. The molecule has 5 heteroatoms. The second kappa shape index (κ2) is 5.23. The fourth-order valence-corrected chi connectivity index (χ4v) is 3.06. The Kier molecular flexibility index (Phi) is 3.91. The number of aromatic nitrogens is 1. The molecule has 1 fully saturated rings. The molecule has 1 aromatic heterocycles. The van der Waals surface area contributed by atoms with Crippen molar-refractivity contribution in [1.29, 1.82) is 0 Å². The highest BCUT2D eigenvalue weighted by atomic mass is 32.1. The van der Waals surface area contributed by atoms with E-state index < -0.39 is 6.10 Å². The number of thiazole rings is 1. The van der Waals surface area contributed by atoms with Crippen molar-refractivity contribution in [2.75, 3.05) is 26.7 Å². The van der Waals surface area contributed by atoms with Crippen LogP contribution in [0.25, 0.3) is 0 Å². The third-order valence-electron chi connectivity index (χ3n) is 3.17. The lowest BCUT2D eigenvalue weighted by atomic mass is 9.98. The summed E-state index contributed by atoms with van der Waals surface area (Å²) in [7, 11) is 2.15. The molecule has 0 radical (unpaired) electrons. The Morgan fingerprint density at radius 3 is 2.94 bits per heavy atom. The summed E-state index contributed by atoms with van der Waals surface area (Å²) in [6, 6.07) is 0. The van der Waals surface area contributed by atoms with Gasteiger partial charge in [0.05, 0.1) is 10.7 Å². The molecular formula is C11H19N3OS. The Bertz CT molecular complexity index is 334. The largest absolute Gasteiger partial charge is 0.385 e. The molecule has 0 amide bonds. The smallest absolute Gasteiger partial charge is 0.109 e. The molecule has 3 N–H and O–H groups in total. The molecule has 1 unspecified atom stereocenters. The summed E-state index contributed by atoms with van der Waals surface area (Å²) in [5, 5.41) is 12.7.